The van der Waals surface area contributed by atoms with E-state index in [4.69, 9.17) is 4.74 Å². The molecule has 0 spiro atoms. The lowest BCUT2D eigenvalue weighted by atomic mass is 10.2. The van der Waals surface area contributed by atoms with E-state index in [0.717, 1.165) is 0 Å². The molecule has 0 aliphatic carbocycles. The molecule has 2 rings (SSSR count). The van der Waals surface area contributed by atoms with Gasteiger partial charge in [0.15, 0.2) is 11.6 Å². The zero-order valence-corrected chi connectivity index (χ0v) is 18.1. The van der Waals surface area contributed by atoms with Gasteiger partial charge in [0.1, 0.15) is 20.8 Å². The van der Waals surface area contributed by atoms with E-state index in [1.165, 1.54) is 6.07 Å². The van der Waals surface area contributed by atoms with Crippen LogP contribution in [0.25, 0.3) is 0 Å². The first kappa shape index (κ1) is 20.4. The van der Waals surface area contributed by atoms with Gasteiger partial charge in [-0.05, 0) is 79.9 Å². The molecule has 130 valence electrons. The number of benzene rings is 2. The molecule has 0 heterocycles. The molecule has 0 atom stereocenters. The van der Waals surface area contributed by atoms with Crippen LogP contribution in [0.3, 0.4) is 0 Å². The lowest BCUT2D eigenvalue weighted by molar-refractivity contribution is 0.344. The van der Waals surface area contributed by atoms with Gasteiger partial charge in [-0.15, -0.1) is 0 Å². The summed E-state index contributed by atoms with van der Waals surface area (Å²) in [5.41, 5.74) is 0. The Labute approximate surface area is 174 Å². The lowest BCUT2D eigenvalue weighted by Gasteiger charge is -2.15. The molecule has 0 radical (unpaired) electrons. The summed E-state index contributed by atoms with van der Waals surface area (Å²) >= 11 is 5.60. The van der Waals surface area contributed by atoms with Crippen LogP contribution in [0.1, 0.15) is 0 Å². The highest BCUT2D eigenvalue weighted by molar-refractivity contribution is 14.1. The van der Waals surface area contributed by atoms with E-state index in [1.807, 2.05) is 45.2 Å². The predicted molar refractivity (Wildman–Crippen MR) is 98.9 cm³/mol. The molecule has 0 saturated carbocycles. The first-order valence-corrected chi connectivity index (χ1v) is 10.2. The van der Waals surface area contributed by atoms with Gasteiger partial charge in [0, 0.05) is 7.14 Å². The van der Waals surface area contributed by atoms with Crippen molar-refractivity contribution in [3.05, 3.63) is 46.1 Å². The molecule has 0 N–H and O–H groups in total. The summed E-state index contributed by atoms with van der Waals surface area (Å²) in [7, 11) is -5.76. The standard InChI is InChI=1S/C12H3F4I3O4S/c13-6-8(15)12(24(20,21)22)9(16)7(14)11(6)23-5-2-3(17)1-4(18)10(5)19/h1-2H,(H,20,21,22)/p-1. The molecule has 0 bridgehead atoms. The normalized spacial score (nSPS) is 11.7. The van der Waals surface area contributed by atoms with E-state index in [-0.39, 0.29) is 5.75 Å². The molecule has 0 saturated heterocycles. The first-order chi connectivity index (χ1) is 10.9. The van der Waals surface area contributed by atoms with Crippen molar-refractivity contribution in [2.24, 2.45) is 0 Å². The average Bonchev–Trinajstić information content (AvgIpc) is 2.45. The van der Waals surface area contributed by atoms with Crippen LogP contribution in [-0.2, 0) is 10.1 Å². The Balaban J connectivity index is 2.71. The zero-order chi connectivity index (χ0) is 18.4. The Hall–Kier alpha value is 0.0600. The minimum Gasteiger partial charge on any atom is -0.744 e. The summed E-state index contributed by atoms with van der Waals surface area (Å²) in [5.74, 6) is -10.5. The van der Waals surface area contributed by atoms with Crippen molar-refractivity contribution < 1.29 is 35.3 Å². The van der Waals surface area contributed by atoms with Crippen LogP contribution in [-0.4, -0.2) is 13.0 Å². The van der Waals surface area contributed by atoms with Crippen LogP contribution >= 0.6 is 67.8 Å². The molecule has 0 aliphatic heterocycles. The molecule has 0 amide bonds. The molecule has 0 fully saturated rings. The molecule has 2 aromatic rings. The van der Waals surface area contributed by atoms with Gasteiger partial charge in [0.05, 0.1) is 3.57 Å². The molecule has 24 heavy (non-hydrogen) atoms. The molecule has 2 aromatic carbocycles. The molecule has 0 unspecified atom stereocenters. The Bertz CT molecular complexity index is 921. The number of ether oxygens (including phenoxy) is 1. The molecule has 12 heteroatoms. The van der Waals surface area contributed by atoms with Gasteiger partial charge in [0.2, 0.25) is 17.4 Å². The maximum atomic E-state index is 13.9. The third-order valence-corrected chi connectivity index (χ3v) is 7.08. The topological polar surface area (TPSA) is 66.4 Å². The fourth-order valence-electron chi connectivity index (χ4n) is 1.62. The highest BCUT2D eigenvalue weighted by Crippen LogP contribution is 2.38. The van der Waals surface area contributed by atoms with Crippen molar-refractivity contribution >= 4 is 77.9 Å². The molecule has 4 nitrogen and oxygen atoms in total. The molecule has 0 aromatic heterocycles. The third-order valence-electron chi connectivity index (χ3n) is 2.60. The monoisotopic (exact) mass is 699 g/mol. The van der Waals surface area contributed by atoms with Crippen molar-refractivity contribution in [3.63, 3.8) is 0 Å². The quantitative estimate of drug-likeness (QED) is 0.201. The van der Waals surface area contributed by atoms with Crippen molar-refractivity contribution in [1.82, 2.24) is 0 Å². The summed E-state index contributed by atoms with van der Waals surface area (Å²) in [6, 6.07) is 3.08. The summed E-state index contributed by atoms with van der Waals surface area (Å²) in [6.07, 6.45) is 0. The highest BCUT2D eigenvalue weighted by atomic mass is 127. The number of hydrogen-bond acceptors (Lipinski definition) is 4. The van der Waals surface area contributed by atoms with Crippen molar-refractivity contribution in [3.8, 4) is 11.5 Å². The van der Waals surface area contributed by atoms with E-state index < -0.39 is 44.0 Å². The Morgan fingerprint density at radius 1 is 0.917 bits per heavy atom. The largest absolute Gasteiger partial charge is 0.744 e. The number of halogens is 7. The Kier molecular flexibility index (Phi) is 6.24. The molecular weight excluding hydrogens is 697 g/mol. The highest BCUT2D eigenvalue weighted by Gasteiger charge is 2.30. The summed E-state index contributed by atoms with van der Waals surface area (Å²) in [4.78, 5) is -2.23. The predicted octanol–water partition coefficient (Wildman–Crippen LogP) is 4.75. The van der Waals surface area contributed by atoms with Crippen LogP contribution in [0.2, 0.25) is 0 Å². The van der Waals surface area contributed by atoms with Gasteiger partial charge in [-0.1, -0.05) is 0 Å². The second-order valence-electron chi connectivity index (χ2n) is 4.17. The van der Waals surface area contributed by atoms with Crippen LogP contribution in [0.4, 0.5) is 17.6 Å². The van der Waals surface area contributed by atoms with Crippen LogP contribution in [0, 0.1) is 34.0 Å². The van der Waals surface area contributed by atoms with E-state index in [0.29, 0.717) is 10.7 Å². The van der Waals surface area contributed by atoms with Gasteiger partial charge in [-0.2, -0.15) is 8.78 Å². The van der Waals surface area contributed by atoms with E-state index in [2.05, 4.69) is 0 Å². The second kappa shape index (κ2) is 7.36. The summed E-state index contributed by atoms with van der Waals surface area (Å²) in [6.45, 7) is 0. The molecular formula is C12H2F4I3O4S-. The first-order valence-electron chi connectivity index (χ1n) is 5.59. The van der Waals surface area contributed by atoms with Crippen molar-refractivity contribution in [2.45, 2.75) is 4.90 Å². The maximum absolute atomic E-state index is 13.9. The fourth-order valence-corrected chi connectivity index (χ4v) is 4.45. The van der Waals surface area contributed by atoms with Crippen LogP contribution < -0.4 is 4.74 Å². The van der Waals surface area contributed by atoms with E-state index in [1.54, 1.807) is 28.7 Å². The summed E-state index contributed by atoms with van der Waals surface area (Å²) < 4.78 is 94.2. The minimum absolute atomic E-state index is 0.0961. The van der Waals surface area contributed by atoms with Crippen molar-refractivity contribution in [1.29, 1.82) is 0 Å². The zero-order valence-electron chi connectivity index (χ0n) is 10.8. The van der Waals surface area contributed by atoms with Crippen molar-refractivity contribution in [2.75, 3.05) is 0 Å². The van der Waals surface area contributed by atoms with Gasteiger partial charge in [0.25, 0.3) is 0 Å². The Morgan fingerprint density at radius 2 is 1.42 bits per heavy atom. The van der Waals surface area contributed by atoms with Gasteiger partial charge >= 0.3 is 0 Å². The average molecular weight is 699 g/mol. The third kappa shape index (κ3) is 3.90. The SMILES string of the molecule is O=S(=O)([O-])c1c(F)c(F)c(Oc2cc(I)cc(I)c2I)c(F)c1F. The lowest BCUT2D eigenvalue weighted by Crippen LogP contribution is -2.11. The van der Waals surface area contributed by atoms with Crippen LogP contribution in [0.15, 0.2) is 17.0 Å². The van der Waals surface area contributed by atoms with E-state index >= 15 is 0 Å². The maximum Gasteiger partial charge on any atom is 0.205 e. The second-order valence-corrected chi connectivity index (χ2v) is 8.97. The Morgan fingerprint density at radius 3 is 1.88 bits per heavy atom. The van der Waals surface area contributed by atoms with Gasteiger partial charge in [-0.25, -0.2) is 17.2 Å². The number of rotatable bonds is 3. The molecule has 0 aliphatic rings. The number of hydrogen-bond donors (Lipinski definition) is 0. The van der Waals surface area contributed by atoms with Gasteiger partial charge in [-0.3, -0.25) is 0 Å². The minimum atomic E-state index is -5.76. The fraction of sp³-hybridized carbons (Fsp3) is 0. The van der Waals surface area contributed by atoms with Gasteiger partial charge < -0.3 is 9.29 Å². The van der Waals surface area contributed by atoms with E-state index in [9.17, 15) is 30.5 Å². The summed E-state index contributed by atoms with van der Waals surface area (Å²) in [5, 5.41) is 0. The van der Waals surface area contributed by atoms with Crippen LogP contribution in [0.5, 0.6) is 11.5 Å². The smallest absolute Gasteiger partial charge is 0.205 e.